The van der Waals surface area contributed by atoms with Gasteiger partial charge in [0.15, 0.2) is 11.9 Å². The van der Waals surface area contributed by atoms with Crippen molar-refractivity contribution in [3.63, 3.8) is 0 Å². The second kappa shape index (κ2) is 53.6. The summed E-state index contributed by atoms with van der Waals surface area (Å²) >= 11 is 1.31. The summed E-state index contributed by atoms with van der Waals surface area (Å²) in [6.45, 7) is 12.0. The van der Waals surface area contributed by atoms with E-state index in [0.29, 0.717) is 12.2 Å². The van der Waals surface area contributed by atoms with Crippen molar-refractivity contribution >= 4 is 124 Å². The number of unbranched alkanes of at least 4 members (excludes halogenated alkanes) is 1. The Labute approximate surface area is 647 Å². The number of hydrogen-bond donors (Lipinski definition) is 26. The molecule has 0 radical (unpaired) electrons. The molecule has 0 rings (SSSR count). The smallest absolute Gasteiger partial charge is 0.326 e. The fourth-order valence-electron chi connectivity index (χ4n) is 10.7. The Kier molecular flexibility index (Phi) is 48.6. The van der Waals surface area contributed by atoms with E-state index in [1.165, 1.54) is 25.6 Å². The largest absolute Gasteiger partial charge is 0.481 e. The molecule has 0 aliphatic carbocycles. The lowest BCUT2D eigenvalue weighted by molar-refractivity contribution is -0.147. The van der Waals surface area contributed by atoms with Crippen LogP contribution in [0.1, 0.15) is 165 Å². The summed E-state index contributed by atoms with van der Waals surface area (Å²) in [5.74, 6) is -23.2. The topological polar surface area (TPSA) is 732 Å². The molecular formula is C67H118N20O23S. The van der Waals surface area contributed by atoms with Crippen LogP contribution in [0.15, 0.2) is 0 Å². The Hall–Kier alpha value is -10.2. The van der Waals surface area contributed by atoms with E-state index in [-0.39, 0.29) is 83.8 Å². The van der Waals surface area contributed by atoms with Gasteiger partial charge in [0, 0.05) is 25.9 Å². The van der Waals surface area contributed by atoms with Crippen LogP contribution in [0.3, 0.4) is 0 Å². The fourth-order valence-corrected chi connectivity index (χ4v) is 11.1. The fraction of sp³-hybridized carbons (Fsp3) is 0.716. The van der Waals surface area contributed by atoms with Crippen molar-refractivity contribution in [2.45, 2.75) is 243 Å². The molecule has 43 nitrogen and oxygen atoms in total. The quantitative estimate of drug-likeness (QED) is 0.0153. The Morgan fingerprint density at radius 3 is 0.946 bits per heavy atom. The molecule has 630 valence electrons. The zero-order valence-corrected chi connectivity index (χ0v) is 65.0. The Morgan fingerprint density at radius 1 is 0.360 bits per heavy atom. The van der Waals surface area contributed by atoms with Crippen LogP contribution in [0.5, 0.6) is 0 Å². The highest BCUT2D eigenvalue weighted by Gasteiger charge is 2.39. The minimum atomic E-state index is -1.95. The number of carboxylic acid groups (broad SMARTS) is 5. The maximum absolute atomic E-state index is 14.7. The van der Waals surface area contributed by atoms with Crippen LogP contribution in [-0.4, -0.2) is 260 Å². The minimum Gasteiger partial charge on any atom is -0.481 e. The molecule has 0 unspecified atom stereocenters. The van der Waals surface area contributed by atoms with Crippen molar-refractivity contribution in [3.8, 4) is 0 Å². The maximum Gasteiger partial charge on any atom is 0.326 e. The van der Waals surface area contributed by atoms with Gasteiger partial charge in [0.05, 0.1) is 19.4 Å². The van der Waals surface area contributed by atoms with Gasteiger partial charge in [0.25, 0.3) is 0 Å². The van der Waals surface area contributed by atoms with Crippen LogP contribution in [0, 0.1) is 34.5 Å². The van der Waals surface area contributed by atoms with Crippen LogP contribution in [-0.2, 0) is 81.5 Å². The molecule has 0 aliphatic rings. The number of guanidine groups is 2. The highest BCUT2D eigenvalue weighted by Crippen LogP contribution is 2.16. The van der Waals surface area contributed by atoms with Crippen LogP contribution in [0.4, 0.5) is 0 Å². The van der Waals surface area contributed by atoms with Gasteiger partial charge in [-0.15, -0.1) is 0 Å². The zero-order valence-electron chi connectivity index (χ0n) is 64.2. The number of carbonyl (C=O) groups excluding carboxylic acids is 12. The lowest BCUT2D eigenvalue weighted by Crippen LogP contribution is -2.61. The first-order valence-corrected chi connectivity index (χ1v) is 37.7. The lowest BCUT2D eigenvalue weighted by atomic mass is 9.99. The minimum absolute atomic E-state index is 0.00698. The van der Waals surface area contributed by atoms with E-state index in [4.69, 9.17) is 33.8 Å². The third kappa shape index (κ3) is 43.1. The Bertz CT molecular complexity index is 3170. The summed E-state index contributed by atoms with van der Waals surface area (Å²) in [4.78, 5) is 229. The number of aliphatic hydroxyl groups is 1. The monoisotopic (exact) mass is 1600 g/mol. The predicted molar refractivity (Wildman–Crippen MR) is 402 cm³/mol. The van der Waals surface area contributed by atoms with Gasteiger partial charge in [-0.05, 0) is 126 Å². The molecule has 44 heteroatoms. The maximum atomic E-state index is 14.7. The number of aliphatic carboxylic acids is 5. The van der Waals surface area contributed by atoms with E-state index in [2.05, 4.69) is 69.1 Å². The van der Waals surface area contributed by atoms with Crippen molar-refractivity contribution < 1.29 is 112 Å². The molecule has 111 heavy (non-hydrogen) atoms. The van der Waals surface area contributed by atoms with E-state index in [9.17, 15) is 112 Å². The number of nitrogens with one attached hydrogen (secondary N) is 16. The van der Waals surface area contributed by atoms with Gasteiger partial charge in [-0.1, -0.05) is 55.4 Å². The number of rotatable bonds is 58. The van der Waals surface area contributed by atoms with Crippen LogP contribution in [0.2, 0.25) is 0 Å². The Balaban J connectivity index is 7.49. The van der Waals surface area contributed by atoms with Gasteiger partial charge >= 0.3 is 29.8 Å². The molecule has 0 saturated heterocycles. The van der Waals surface area contributed by atoms with E-state index >= 15 is 0 Å². The van der Waals surface area contributed by atoms with Gasteiger partial charge in [0.2, 0.25) is 70.9 Å². The summed E-state index contributed by atoms with van der Waals surface area (Å²) in [5, 5.41) is 107. The third-order valence-electron chi connectivity index (χ3n) is 16.4. The van der Waals surface area contributed by atoms with Crippen molar-refractivity contribution in [1.29, 1.82) is 10.8 Å². The van der Waals surface area contributed by atoms with Gasteiger partial charge in [-0.25, -0.2) is 4.79 Å². The molecule has 0 fully saturated rings. The first-order chi connectivity index (χ1) is 51.9. The molecule has 0 aliphatic heterocycles. The van der Waals surface area contributed by atoms with E-state index in [0.717, 1.165) is 0 Å². The van der Waals surface area contributed by atoms with Crippen LogP contribution in [0.25, 0.3) is 0 Å². The van der Waals surface area contributed by atoms with Crippen LogP contribution >= 0.6 is 11.8 Å². The SMILES string of the molecule is CSCC[C@H](NC(=O)[C@@H](N)CO)C(=O)N[C@@H](CCCNC(=N)N)C(=O)N[C@@H](CCC(=O)O)C(=O)N[C@@H](CC(C)C)C(=O)N[C@@H](CCCNC(=N)N)C(=O)N[C@@H](CCC(=O)O)C(=O)N[C@@H](CC(C)C)C(=O)N[C@@H](CCCCN)C(=O)N[C@@H](CC(C)C)C(=O)N[C@@H](CC(=O)O)C(=O)N[C@H](C(=O)N[C@@H](CC(=O)O)C(=O)O)C(C)C. The molecule has 0 heterocycles. The summed E-state index contributed by atoms with van der Waals surface area (Å²) in [5.41, 5.74) is 22.4. The first-order valence-electron chi connectivity index (χ1n) is 36.3. The zero-order chi connectivity index (χ0) is 84.9. The number of amides is 12. The van der Waals surface area contributed by atoms with E-state index in [1.807, 2.05) is 5.32 Å². The normalized spacial score (nSPS) is 14.7. The van der Waals surface area contributed by atoms with Gasteiger partial charge in [0.1, 0.15) is 78.5 Å². The molecule has 0 spiro atoms. The van der Waals surface area contributed by atoms with Crippen molar-refractivity contribution in [2.75, 3.05) is 38.2 Å². The molecular weight excluding hydrogens is 1480 g/mol. The second-order valence-corrected chi connectivity index (χ2v) is 29.0. The standard InChI is InChI=1S/C67H118N20O23S/c1-32(2)26-43(60(104)78-37(14-10-11-22-68)56(100)82-45(28-34(5)6)62(106)85-46(29-50(93)94)63(107)87-52(35(7)8)64(108)86-47(65(109)110)30-51(95)96)83-58(102)41(18-20-49(91)92)81-55(99)39(16-13-24-75-67(72)73)79-61(105)44(27-33(3)4)84-57(101)40(17-19-48(89)90)80-54(98)38(15-12-23-74-66(70)71)77-59(103)42(21-25-111-9)76-53(97)36(69)31-88/h32-47,52,88H,10-31,68-69H2,1-9H3,(H,76,97)(H,77,103)(H,78,104)(H,79,105)(H,80,98)(H,81,99)(H,82,100)(H,83,102)(H,84,101)(H,85,106)(H,86,108)(H,87,107)(H,89,90)(H,91,92)(H,93,94)(H,95,96)(H,109,110)(H4,70,71,74)(H4,72,73,75)/t36-,37-,38-,39-,40-,41-,42-,43-,44-,45-,46-,47-,52-/m0/s1. The molecule has 0 bridgehead atoms. The summed E-state index contributed by atoms with van der Waals surface area (Å²) in [6.07, 6.45) is -3.86. The average Bonchev–Trinajstić information content (AvgIpc) is 0.857. The van der Waals surface area contributed by atoms with E-state index < -0.39 is 260 Å². The Morgan fingerprint density at radius 2 is 0.649 bits per heavy atom. The van der Waals surface area contributed by atoms with Gasteiger partial charge in [-0.3, -0.25) is 87.5 Å². The number of carbonyl (C=O) groups is 17. The van der Waals surface area contributed by atoms with Crippen LogP contribution < -0.4 is 97.4 Å². The number of thioether (sulfide) groups is 1. The number of nitrogens with two attached hydrogens (primary N) is 4. The van der Waals surface area contributed by atoms with Crippen molar-refractivity contribution in [2.24, 2.45) is 46.6 Å². The molecule has 0 aromatic heterocycles. The molecule has 0 saturated carbocycles. The third-order valence-corrected chi connectivity index (χ3v) is 17.1. The van der Waals surface area contributed by atoms with Gasteiger partial charge < -0.3 is 128 Å². The second-order valence-electron chi connectivity index (χ2n) is 28.0. The summed E-state index contributed by atoms with van der Waals surface area (Å²) in [6, 6.07) is -21.2. The summed E-state index contributed by atoms with van der Waals surface area (Å²) < 4.78 is 0. The summed E-state index contributed by atoms with van der Waals surface area (Å²) in [7, 11) is 0. The molecule has 13 atom stereocenters. The highest BCUT2D eigenvalue weighted by atomic mass is 32.2. The predicted octanol–water partition coefficient (Wildman–Crippen LogP) is -5.91. The lowest BCUT2D eigenvalue weighted by Gasteiger charge is -2.29. The number of hydrogen-bond acceptors (Lipinski definition) is 23. The molecule has 0 aromatic carbocycles. The molecule has 30 N–H and O–H groups in total. The first kappa shape index (κ1) is 101. The van der Waals surface area contributed by atoms with Gasteiger partial charge in [-0.2, -0.15) is 11.8 Å². The molecule has 12 amide bonds. The van der Waals surface area contributed by atoms with Crippen molar-refractivity contribution in [3.05, 3.63) is 0 Å². The van der Waals surface area contributed by atoms with Crippen molar-refractivity contribution in [1.82, 2.24) is 74.4 Å². The average molecular weight is 1600 g/mol. The number of aliphatic hydroxyl groups excluding tert-OH is 1. The van der Waals surface area contributed by atoms with E-state index in [1.54, 1.807) is 47.8 Å². The molecule has 0 aromatic rings. The number of carboxylic acids is 5. The highest BCUT2D eigenvalue weighted by molar-refractivity contribution is 7.98.